The molecule has 18 heavy (non-hydrogen) atoms. The third kappa shape index (κ3) is 2.66. The smallest absolute Gasteiger partial charge is 0.137 e. The molecule has 1 aromatic heterocycles. The maximum atomic E-state index is 13.7. The largest absolute Gasteiger partial charge is 0.306 e. The summed E-state index contributed by atoms with van der Waals surface area (Å²) in [6, 6.07) is 7.32. The predicted octanol–water partition coefficient (Wildman–Crippen LogP) is 4.66. The Morgan fingerprint density at radius 2 is 2.17 bits per heavy atom. The quantitative estimate of drug-likeness (QED) is 0.861. The standard InChI is InChI=1S/C14H15BrFNS/c1-3-17-13(14-9(2)7-8-18-14)10-5-4-6-11(16)12(10)15/h4-8,13,17H,3H2,1-2H3. The molecule has 1 aromatic carbocycles. The van der Waals surface area contributed by atoms with Crippen LogP contribution in [0.1, 0.15) is 29.0 Å². The molecule has 1 atom stereocenters. The number of benzene rings is 1. The van der Waals surface area contributed by atoms with Gasteiger partial charge >= 0.3 is 0 Å². The highest BCUT2D eigenvalue weighted by Crippen LogP contribution is 2.34. The van der Waals surface area contributed by atoms with Crippen LogP contribution < -0.4 is 5.32 Å². The lowest BCUT2D eigenvalue weighted by Crippen LogP contribution is -2.22. The van der Waals surface area contributed by atoms with Crippen LogP contribution in [0.25, 0.3) is 0 Å². The molecule has 0 aliphatic rings. The molecule has 0 fully saturated rings. The van der Waals surface area contributed by atoms with E-state index in [-0.39, 0.29) is 11.9 Å². The Kier molecular flexibility index (Phi) is 4.54. The van der Waals surface area contributed by atoms with Gasteiger partial charge in [0.2, 0.25) is 0 Å². The summed E-state index contributed by atoms with van der Waals surface area (Å²) in [5.74, 6) is -0.218. The molecule has 2 aromatic rings. The van der Waals surface area contributed by atoms with Crippen LogP contribution in [0.15, 0.2) is 34.1 Å². The zero-order valence-electron chi connectivity index (χ0n) is 10.3. The minimum absolute atomic E-state index is 0.0417. The third-order valence-electron chi connectivity index (χ3n) is 2.86. The lowest BCUT2D eigenvalue weighted by Gasteiger charge is -2.19. The Hall–Kier alpha value is -0.710. The van der Waals surface area contributed by atoms with Gasteiger partial charge in [0.1, 0.15) is 5.82 Å². The number of thiophene rings is 1. The molecule has 1 N–H and O–H groups in total. The molecule has 2 rings (SSSR count). The molecule has 4 heteroatoms. The van der Waals surface area contributed by atoms with Gasteiger partial charge < -0.3 is 5.32 Å². The van der Waals surface area contributed by atoms with E-state index in [0.29, 0.717) is 4.47 Å². The second-order valence-electron chi connectivity index (χ2n) is 4.10. The Morgan fingerprint density at radius 3 is 2.78 bits per heavy atom. The lowest BCUT2D eigenvalue weighted by molar-refractivity contribution is 0.598. The van der Waals surface area contributed by atoms with E-state index in [1.807, 2.05) is 6.07 Å². The van der Waals surface area contributed by atoms with E-state index < -0.39 is 0 Å². The van der Waals surface area contributed by atoms with E-state index >= 15 is 0 Å². The second-order valence-corrected chi connectivity index (χ2v) is 5.84. The highest BCUT2D eigenvalue weighted by Gasteiger charge is 2.20. The van der Waals surface area contributed by atoms with Gasteiger partial charge in [-0.05, 0) is 58.0 Å². The maximum absolute atomic E-state index is 13.7. The predicted molar refractivity (Wildman–Crippen MR) is 78.7 cm³/mol. The summed E-state index contributed by atoms with van der Waals surface area (Å²) in [5.41, 5.74) is 2.18. The summed E-state index contributed by atoms with van der Waals surface area (Å²) in [4.78, 5) is 1.24. The van der Waals surface area contributed by atoms with Gasteiger partial charge in [-0.25, -0.2) is 4.39 Å². The Morgan fingerprint density at radius 1 is 1.39 bits per heavy atom. The molecule has 1 nitrogen and oxygen atoms in total. The highest BCUT2D eigenvalue weighted by atomic mass is 79.9. The number of hydrogen-bond donors (Lipinski definition) is 1. The summed E-state index contributed by atoms with van der Waals surface area (Å²) in [6.07, 6.45) is 0. The van der Waals surface area contributed by atoms with Crippen molar-refractivity contribution < 1.29 is 4.39 Å². The van der Waals surface area contributed by atoms with Crippen molar-refractivity contribution in [3.8, 4) is 0 Å². The van der Waals surface area contributed by atoms with E-state index in [4.69, 9.17) is 0 Å². The molecular formula is C14H15BrFNS. The maximum Gasteiger partial charge on any atom is 0.137 e. The third-order valence-corrected chi connectivity index (χ3v) is 4.79. The van der Waals surface area contributed by atoms with Gasteiger partial charge in [-0.3, -0.25) is 0 Å². The highest BCUT2D eigenvalue weighted by molar-refractivity contribution is 9.10. The normalized spacial score (nSPS) is 12.7. The van der Waals surface area contributed by atoms with Crippen molar-refractivity contribution in [3.05, 3.63) is 55.9 Å². The Labute approximate surface area is 119 Å². The van der Waals surface area contributed by atoms with Crippen LogP contribution >= 0.6 is 27.3 Å². The zero-order valence-corrected chi connectivity index (χ0v) is 12.7. The molecule has 0 saturated carbocycles. The molecule has 96 valence electrons. The minimum atomic E-state index is -0.218. The van der Waals surface area contributed by atoms with Crippen LogP contribution in [0, 0.1) is 12.7 Å². The fraction of sp³-hybridized carbons (Fsp3) is 0.286. The number of rotatable bonds is 4. The molecule has 1 heterocycles. The summed E-state index contributed by atoms with van der Waals surface area (Å²) >= 11 is 5.05. The van der Waals surface area contributed by atoms with Gasteiger partial charge in [0.25, 0.3) is 0 Å². The number of nitrogens with one attached hydrogen (secondary N) is 1. The van der Waals surface area contributed by atoms with Crippen LogP contribution in [0.5, 0.6) is 0 Å². The summed E-state index contributed by atoms with van der Waals surface area (Å²) in [6.45, 7) is 4.98. The minimum Gasteiger partial charge on any atom is -0.306 e. The number of hydrogen-bond acceptors (Lipinski definition) is 2. The fourth-order valence-corrected chi connectivity index (χ4v) is 3.48. The summed E-state index contributed by atoms with van der Waals surface area (Å²) < 4.78 is 14.2. The average Bonchev–Trinajstić information content (AvgIpc) is 2.76. The van der Waals surface area contributed by atoms with E-state index in [2.05, 4.69) is 46.5 Å². The molecule has 0 spiro atoms. The molecule has 0 aliphatic carbocycles. The molecule has 0 bridgehead atoms. The van der Waals surface area contributed by atoms with Gasteiger partial charge in [-0.1, -0.05) is 19.1 Å². The van der Waals surface area contributed by atoms with Crippen LogP contribution in [-0.4, -0.2) is 6.54 Å². The van der Waals surface area contributed by atoms with Crippen LogP contribution in [0.4, 0.5) is 4.39 Å². The zero-order chi connectivity index (χ0) is 13.1. The molecule has 0 amide bonds. The molecular weight excluding hydrogens is 313 g/mol. The van der Waals surface area contributed by atoms with Gasteiger partial charge in [0.05, 0.1) is 10.5 Å². The van der Waals surface area contributed by atoms with Crippen LogP contribution in [0.2, 0.25) is 0 Å². The molecule has 1 unspecified atom stereocenters. The van der Waals surface area contributed by atoms with E-state index in [1.165, 1.54) is 16.5 Å². The van der Waals surface area contributed by atoms with Crippen molar-refractivity contribution in [2.24, 2.45) is 0 Å². The molecule has 0 aliphatic heterocycles. The topological polar surface area (TPSA) is 12.0 Å². The van der Waals surface area contributed by atoms with Crippen molar-refractivity contribution in [2.45, 2.75) is 19.9 Å². The van der Waals surface area contributed by atoms with Gasteiger partial charge in [0.15, 0.2) is 0 Å². The molecule has 0 radical (unpaired) electrons. The number of aryl methyl sites for hydroxylation is 1. The first kappa shape index (κ1) is 13.7. The van der Waals surface area contributed by atoms with Crippen LogP contribution in [-0.2, 0) is 0 Å². The summed E-state index contributed by atoms with van der Waals surface area (Å²) in [7, 11) is 0. The van der Waals surface area contributed by atoms with E-state index in [9.17, 15) is 4.39 Å². The number of halogens is 2. The first-order chi connectivity index (χ1) is 8.65. The van der Waals surface area contributed by atoms with Gasteiger partial charge in [-0.2, -0.15) is 0 Å². The van der Waals surface area contributed by atoms with Crippen molar-refractivity contribution in [2.75, 3.05) is 6.54 Å². The SMILES string of the molecule is CCNC(c1cccc(F)c1Br)c1sccc1C. The van der Waals surface area contributed by atoms with Crippen molar-refractivity contribution >= 4 is 27.3 Å². The summed E-state index contributed by atoms with van der Waals surface area (Å²) in [5, 5.41) is 5.50. The lowest BCUT2D eigenvalue weighted by atomic mass is 10.0. The van der Waals surface area contributed by atoms with Crippen molar-refractivity contribution in [3.63, 3.8) is 0 Å². The fourth-order valence-electron chi connectivity index (χ4n) is 1.97. The van der Waals surface area contributed by atoms with E-state index in [0.717, 1.165) is 12.1 Å². The monoisotopic (exact) mass is 327 g/mol. The second kappa shape index (κ2) is 5.95. The van der Waals surface area contributed by atoms with Crippen LogP contribution in [0.3, 0.4) is 0 Å². The Bertz CT molecular complexity index is 538. The average molecular weight is 328 g/mol. The van der Waals surface area contributed by atoms with Gasteiger partial charge in [0, 0.05) is 4.88 Å². The van der Waals surface area contributed by atoms with E-state index in [1.54, 1.807) is 17.4 Å². The van der Waals surface area contributed by atoms with Crippen molar-refractivity contribution in [1.29, 1.82) is 0 Å². The van der Waals surface area contributed by atoms with Crippen molar-refractivity contribution in [1.82, 2.24) is 5.32 Å². The first-order valence-corrected chi connectivity index (χ1v) is 7.53. The molecule has 0 saturated heterocycles. The first-order valence-electron chi connectivity index (χ1n) is 5.86. The van der Waals surface area contributed by atoms with Gasteiger partial charge in [-0.15, -0.1) is 11.3 Å². The Balaban J connectivity index is 2.48.